The Hall–Kier alpha value is -0.620. The molecule has 23 heavy (non-hydrogen) atoms. The lowest BCUT2D eigenvalue weighted by molar-refractivity contribution is -0.139. The number of benzene rings is 1. The number of hydrogen-bond acceptors (Lipinski definition) is 2. The van der Waals surface area contributed by atoms with Gasteiger partial charge in [0, 0.05) is 28.7 Å². The highest BCUT2D eigenvalue weighted by Gasteiger charge is 2.50. The van der Waals surface area contributed by atoms with Gasteiger partial charge in [-0.2, -0.15) is 0 Å². The van der Waals surface area contributed by atoms with Crippen LogP contribution >= 0.6 is 22.6 Å². The second-order valence-corrected chi connectivity index (χ2v) is 8.66. The van der Waals surface area contributed by atoms with Gasteiger partial charge in [-0.15, -0.1) is 0 Å². The molecule has 3 aliphatic heterocycles. The van der Waals surface area contributed by atoms with Crippen LogP contribution in [0, 0.1) is 9.49 Å². The Balaban J connectivity index is 1.67. The summed E-state index contributed by atoms with van der Waals surface area (Å²) >= 11 is 2.36. The lowest BCUT2D eigenvalue weighted by Crippen LogP contribution is -2.52. The van der Waals surface area contributed by atoms with Gasteiger partial charge in [-0.25, -0.2) is 0 Å². The van der Waals surface area contributed by atoms with Crippen LogP contribution in [0.25, 0.3) is 0 Å². The van der Waals surface area contributed by atoms with Crippen molar-refractivity contribution in [1.82, 2.24) is 9.80 Å². The molecule has 1 aromatic rings. The first kappa shape index (κ1) is 15.9. The van der Waals surface area contributed by atoms with Crippen molar-refractivity contribution in [3.05, 3.63) is 33.4 Å². The van der Waals surface area contributed by atoms with Crippen molar-refractivity contribution in [2.24, 2.45) is 5.92 Å². The van der Waals surface area contributed by atoms with E-state index in [0.29, 0.717) is 23.9 Å². The number of fused-ring (bicyclic) bond motifs is 2. The largest absolute Gasteiger partial charge is 0.342 e. The van der Waals surface area contributed by atoms with Crippen LogP contribution in [-0.4, -0.2) is 47.9 Å². The third-order valence-corrected chi connectivity index (χ3v) is 6.99. The van der Waals surface area contributed by atoms with E-state index in [-0.39, 0.29) is 5.92 Å². The Morgan fingerprint density at radius 3 is 2.52 bits per heavy atom. The first-order valence-corrected chi connectivity index (χ1v) is 9.99. The van der Waals surface area contributed by atoms with E-state index < -0.39 is 0 Å². The summed E-state index contributed by atoms with van der Waals surface area (Å²) in [7, 11) is 2.23. The van der Waals surface area contributed by atoms with E-state index in [1.165, 1.54) is 34.8 Å². The highest BCUT2D eigenvalue weighted by molar-refractivity contribution is 14.1. The third-order valence-electron chi connectivity index (χ3n) is 6.27. The maximum atomic E-state index is 13.3. The number of carbonyl (C=O) groups is 1. The number of hydrogen-bond donors (Lipinski definition) is 0. The molecule has 0 unspecified atom stereocenters. The lowest BCUT2D eigenvalue weighted by atomic mass is 9.75. The van der Waals surface area contributed by atoms with Crippen LogP contribution in [0.1, 0.15) is 43.6 Å². The van der Waals surface area contributed by atoms with E-state index in [1.54, 1.807) is 0 Å². The van der Waals surface area contributed by atoms with Crippen LogP contribution in [0.4, 0.5) is 0 Å². The van der Waals surface area contributed by atoms with Crippen LogP contribution in [0.2, 0.25) is 0 Å². The molecule has 4 rings (SSSR count). The minimum atomic E-state index is 0.150. The van der Waals surface area contributed by atoms with E-state index in [2.05, 4.69) is 63.7 Å². The Morgan fingerprint density at radius 2 is 1.83 bits per heavy atom. The van der Waals surface area contributed by atoms with Crippen molar-refractivity contribution in [2.45, 2.75) is 50.1 Å². The normalized spacial score (nSPS) is 34.1. The predicted molar refractivity (Wildman–Crippen MR) is 100 cm³/mol. The molecule has 0 aliphatic carbocycles. The number of nitrogens with zero attached hydrogens (tertiary/aromatic N) is 2. The zero-order valence-corrected chi connectivity index (χ0v) is 15.9. The monoisotopic (exact) mass is 424 g/mol. The summed E-state index contributed by atoms with van der Waals surface area (Å²) in [4.78, 5) is 17.9. The standard InChI is InChI=1S/C19H25IN2O/c1-21-15-8-9-17(21)18(19(23)22-10-2-3-11-22)16(12-15)13-4-6-14(20)7-5-13/h4-7,15-18H,2-3,8-12H2,1H3/t15-,16-,17+,18+/m1/s1. The van der Waals surface area contributed by atoms with E-state index in [9.17, 15) is 4.79 Å². The molecule has 0 aromatic heterocycles. The molecule has 1 aromatic carbocycles. The second kappa shape index (κ2) is 6.36. The molecule has 3 aliphatic rings. The summed E-state index contributed by atoms with van der Waals surface area (Å²) in [5, 5.41) is 0. The molecule has 0 saturated carbocycles. The van der Waals surface area contributed by atoms with Crippen LogP contribution in [0.5, 0.6) is 0 Å². The van der Waals surface area contributed by atoms with Gasteiger partial charge in [0.15, 0.2) is 0 Å². The Kier molecular flexibility index (Phi) is 4.39. The van der Waals surface area contributed by atoms with Crippen LogP contribution in [0.15, 0.2) is 24.3 Å². The molecule has 1 amide bonds. The molecule has 3 saturated heterocycles. The molecular weight excluding hydrogens is 399 g/mol. The highest BCUT2D eigenvalue weighted by atomic mass is 127. The van der Waals surface area contributed by atoms with Gasteiger partial charge in [0.25, 0.3) is 0 Å². The molecule has 124 valence electrons. The average Bonchev–Trinajstić information content (AvgIpc) is 3.15. The first-order valence-electron chi connectivity index (χ1n) is 8.91. The first-order chi connectivity index (χ1) is 11.1. The van der Waals surface area contributed by atoms with Crippen molar-refractivity contribution >= 4 is 28.5 Å². The number of amides is 1. The van der Waals surface area contributed by atoms with Gasteiger partial charge in [0.2, 0.25) is 5.91 Å². The van der Waals surface area contributed by atoms with Crippen LogP contribution in [-0.2, 0) is 4.79 Å². The van der Waals surface area contributed by atoms with Crippen LogP contribution in [0.3, 0.4) is 0 Å². The van der Waals surface area contributed by atoms with Gasteiger partial charge >= 0.3 is 0 Å². The topological polar surface area (TPSA) is 23.6 Å². The zero-order valence-electron chi connectivity index (χ0n) is 13.7. The summed E-state index contributed by atoms with van der Waals surface area (Å²) < 4.78 is 1.27. The Labute approximate surface area is 152 Å². The van der Waals surface area contributed by atoms with Gasteiger partial charge in [-0.3, -0.25) is 9.69 Å². The molecule has 4 heteroatoms. The minimum Gasteiger partial charge on any atom is -0.342 e. The number of halogens is 1. The van der Waals surface area contributed by atoms with Gasteiger partial charge in [-0.05, 0) is 85.4 Å². The van der Waals surface area contributed by atoms with Gasteiger partial charge in [0.05, 0.1) is 5.92 Å². The van der Waals surface area contributed by atoms with Crippen molar-refractivity contribution < 1.29 is 4.79 Å². The average molecular weight is 424 g/mol. The smallest absolute Gasteiger partial charge is 0.227 e. The molecule has 2 bridgehead atoms. The molecule has 0 spiro atoms. The predicted octanol–water partition coefficient (Wildman–Crippen LogP) is 3.48. The number of likely N-dealkylation sites (tertiary alicyclic amines) is 1. The molecule has 3 nitrogen and oxygen atoms in total. The summed E-state index contributed by atoms with van der Waals surface area (Å²) in [6.07, 6.45) is 5.93. The number of rotatable bonds is 2. The Bertz CT molecular complexity index is 582. The molecule has 4 atom stereocenters. The summed E-state index contributed by atoms with van der Waals surface area (Å²) in [5.74, 6) is 0.967. The molecule has 0 N–H and O–H groups in total. The lowest BCUT2D eigenvalue weighted by Gasteiger charge is -2.43. The van der Waals surface area contributed by atoms with E-state index in [1.807, 2.05) is 0 Å². The van der Waals surface area contributed by atoms with Crippen molar-refractivity contribution in [2.75, 3.05) is 20.1 Å². The molecular formula is C19H25IN2O. The van der Waals surface area contributed by atoms with Gasteiger partial charge in [0.1, 0.15) is 0 Å². The molecule has 3 heterocycles. The Morgan fingerprint density at radius 1 is 1.13 bits per heavy atom. The summed E-state index contributed by atoms with van der Waals surface area (Å²) in [5.41, 5.74) is 1.37. The fraction of sp³-hybridized carbons (Fsp3) is 0.632. The third kappa shape index (κ3) is 2.82. The van der Waals surface area contributed by atoms with Crippen LogP contribution < -0.4 is 0 Å². The maximum Gasteiger partial charge on any atom is 0.227 e. The second-order valence-electron chi connectivity index (χ2n) is 7.42. The van der Waals surface area contributed by atoms with Gasteiger partial charge < -0.3 is 4.90 Å². The maximum absolute atomic E-state index is 13.3. The fourth-order valence-corrected chi connectivity index (χ4v) is 5.36. The quantitative estimate of drug-likeness (QED) is 0.679. The van der Waals surface area contributed by atoms with Crippen molar-refractivity contribution in [3.63, 3.8) is 0 Å². The highest BCUT2D eigenvalue weighted by Crippen LogP contribution is 2.47. The number of piperidine rings is 1. The minimum absolute atomic E-state index is 0.150. The molecule has 0 radical (unpaired) electrons. The molecule has 3 fully saturated rings. The zero-order chi connectivity index (χ0) is 16.0. The van der Waals surface area contributed by atoms with E-state index >= 15 is 0 Å². The van der Waals surface area contributed by atoms with Gasteiger partial charge in [-0.1, -0.05) is 12.1 Å². The van der Waals surface area contributed by atoms with E-state index in [0.717, 1.165) is 19.5 Å². The van der Waals surface area contributed by atoms with Crippen molar-refractivity contribution in [1.29, 1.82) is 0 Å². The summed E-state index contributed by atoms with van der Waals surface area (Å²) in [6.45, 7) is 1.93. The number of carbonyl (C=O) groups excluding carboxylic acids is 1. The fourth-order valence-electron chi connectivity index (χ4n) is 5.00. The van der Waals surface area contributed by atoms with E-state index in [4.69, 9.17) is 0 Å². The summed E-state index contributed by atoms with van der Waals surface area (Å²) in [6, 6.07) is 9.97. The van der Waals surface area contributed by atoms with Crippen molar-refractivity contribution in [3.8, 4) is 0 Å². The SMILES string of the molecule is CN1[C@@H]2CC[C@H]1[C@@H](C(=O)N1CCCC1)[C@@H](c1ccc(I)cc1)C2.